The van der Waals surface area contributed by atoms with Crippen molar-refractivity contribution >= 4 is 17.9 Å². The maximum atomic E-state index is 12.8. The normalized spacial score (nSPS) is 11.9. The van der Waals surface area contributed by atoms with Crippen LogP contribution >= 0.6 is 0 Å². The van der Waals surface area contributed by atoms with E-state index >= 15 is 0 Å². The van der Waals surface area contributed by atoms with Crippen LogP contribution in [-0.4, -0.2) is 37.2 Å². The minimum atomic E-state index is -0.759. The first-order valence-electron chi connectivity index (χ1n) is 30.5. The van der Waals surface area contributed by atoms with Gasteiger partial charge in [0.2, 0.25) is 0 Å². The lowest BCUT2D eigenvalue weighted by Gasteiger charge is -2.18. The molecule has 0 radical (unpaired) electrons. The van der Waals surface area contributed by atoms with Crippen molar-refractivity contribution in [1.82, 2.24) is 0 Å². The van der Waals surface area contributed by atoms with E-state index in [9.17, 15) is 14.4 Å². The van der Waals surface area contributed by atoms with Gasteiger partial charge in [0.1, 0.15) is 13.2 Å². The summed E-state index contributed by atoms with van der Waals surface area (Å²) in [7, 11) is 0. The lowest BCUT2D eigenvalue weighted by atomic mass is 10.0. The topological polar surface area (TPSA) is 78.9 Å². The zero-order valence-electron chi connectivity index (χ0n) is 45.7. The first-order valence-corrected chi connectivity index (χ1v) is 30.5. The van der Waals surface area contributed by atoms with Crippen LogP contribution in [0.4, 0.5) is 0 Å². The number of rotatable bonds is 57. The molecule has 67 heavy (non-hydrogen) atoms. The summed E-state index contributed by atoms with van der Waals surface area (Å²) < 4.78 is 16.8. The highest BCUT2D eigenvalue weighted by molar-refractivity contribution is 5.71. The van der Waals surface area contributed by atoms with Crippen LogP contribution in [0.5, 0.6) is 0 Å². The highest BCUT2D eigenvalue weighted by Crippen LogP contribution is 2.18. The van der Waals surface area contributed by atoms with Crippen LogP contribution in [0.3, 0.4) is 0 Å². The van der Waals surface area contributed by atoms with E-state index in [1.54, 1.807) is 0 Å². The van der Waals surface area contributed by atoms with Gasteiger partial charge in [0.05, 0.1) is 0 Å². The van der Waals surface area contributed by atoms with E-state index in [1.807, 2.05) is 0 Å². The molecule has 0 amide bonds. The SMILES string of the molecule is CCCCCCCCCCCCCCCCCCCCCCCCCCCC(=O)OCC(COC(=O)CCCCCCC)OC(=O)CCCCCCCCCCCCCCCCCCCCC. The maximum absolute atomic E-state index is 12.8. The Morgan fingerprint density at radius 1 is 0.239 bits per heavy atom. The zero-order valence-corrected chi connectivity index (χ0v) is 45.7. The molecule has 0 saturated carbocycles. The zero-order chi connectivity index (χ0) is 48.6. The van der Waals surface area contributed by atoms with Crippen molar-refractivity contribution in [3.63, 3.8) is 0 Å². The van der Waals surface area contributed by atoms with E-state index in [-0.39, 0.29) is 31.1 Å². The fraction of sp³-hybridized carbons (Fsp3) is 0.951. The van der Waals surface area contributed by atoms with Gasteiger partial charge in [0, 0.05) is 19.3 Å². The smallest absolute Gasteiger partial charge is 0.306 e. The summed E-state index contributed by atoms with van der Waals surface area (Å²) >= 11 is 0. The summed E-state index contributed by atoms with van der Waals surface area (Å²) in [4.78, 5) is 37.8. The Kier molecular flexibility index (Phi) is 55.6. The lowest BCUT2D eigenvalue weighted by Crippen LogP contribution is -2.30. The van der Waals surface area contributed by atoms with Crippen LogP contribution in [-0.2, 0) is 28.6 Å². The van der Waals surface area contributed by atoms with Gasteiger partial charge in [0.15, 0.2) is 6.10 Å². The second-order valence-electron chi connectivity index (χ2n) is 21.0. The molecule has 0 rings (SSSR count). The Balaban J connectivity index is 3.97. The Morgan fingerprint density at radius 3 is 0.597 bits per heavy atom. The molecule has 0 aliphatic heterocycles. The summed E-state index contributed by atoms with van der Waals surface area (Å²) in [6.45, 7) is 6.63. The standard InChI is InChI=1S/C61H118O6/c1-4-7-10-13-15-17-19-21-23-25-27-28-29-30-31-32-34-35-37-39-41-43-45-48-51-54-60(63)66-57-58(56-65-59(62)53-50-47-12-9-6-3)67-61(64)55-52-49-46-44-42-40-38-36-33-26-24-22-20-18-16-14-11-8-5-2/h58H,4-57H2,1-3H3. The number of carbonyl (C=O) groups is 3. The molecule has 398 valence electrons. The van der Waals surface area contributed by atoms with Gasteiger partial charge < -0.3 is 14.2 Å². The Morgan fingerprint density at radius 2 is 0.403 bits per heavy atom. The van der Waals surface area contributed by atoms with Crippen molar-refractivity contribution < 1.29 is 28.6 Å². The number of carbonyl (C=O) groups excluding carboxylic acids is 3. The second kappa shape index (κ2) is 57.0. The summed E-state index contributed by atoms with van der Waals surface area (Å²) in [6.07, 6.45) is 64.5. The quantitative estimate of drug-likeness (QED) is 0.0343. The summed E-state index contributed by atoms with van der Waals surface area (Å²) in [5.41, 5.74) is 0. The van der Waals surface area contributed by atoms with Crippen LogP contribution in [0.1, 0.15) is 355 Å². The molecule has 0 aromatic heterocycles. The van der Waals surface area contributed by atoms with Gasteiger partial charge in [-0.1, -0.05) is 316 Å². The molecule has 0 aromatic rings. The van der Waals surface area contributed by atoms with Gasteiger partial charge in [-0.2, -0.15) is 0 Å². The summed E-state index contributed by atoms with van der Waals surface area (Å²) in [5, 5.41) is 0. The maximum Gasteiger partial charge on any atom is 0.306 e. The molecule has 0 fully saturated rings. The third-order valence-electron chi connectivity index (χ3n) is 14.1. The van der Waals surface area contributed by atoms with Gasteiger partial charge >= 0.3 is 17.9 Å². The van der Waals surface area contributed by atoms with Crippen molar-refractivity contribution in [2.75, 3.05) is 13.2 Å². The molecule has 6 heteroatoms. The second-order valence-corrected chi connectivity index (χ2v) is 21.0. The third kappa shape index (κ3) is 55.2. The first-order chi connectivity index (χ1) is 33.0. The predicted octanol–water partition coefficient (Wildman–Crippen LogP) is 20.3. The van der Waals surface area contributed by atoms with Gasteiger partial charge in [-0.15, -0.1) is 0 Å². The Labute approximate surface area is 418 Å². The molecule has 0 saturated heterocycles. The molecule has 0 bridgehead atoms. The summed E-state index contributed by atoms with van der Waals surface area (Å²) in [5.74, 6) is -0.849. The monoisotopic (exact) mass is 947 g/mol. The molecule has 0 aliphatic rings. The largest absolute Gasteiger partial charge is 0.462 e. The van der Waals surface area contributed by atoms with Crippen LogP contribution in [0.2, 0.25) is 0 Å². The number of hydrogen-bond acceptors (Lipinski definition) is 6. The molecule has 1 atom stereocenters. The van der Waals surface area contributed by atoms with Gasteiger partial charge in [-0.05, 0) is 19.3 Å². The number of unbranched alkanes of at least 4 members (excludes halogenated alkanes) is 46. The van der Waals surface area contributed by atoms with Crippen LogP contribution in [0.25, 0.3) is 0 Å². The van der Waals surface area contributed by atoms with Gasteiger partial charge in [0.25, 0.3) is 0 Å². The Hall–Kier alpha value is -1.59. The number of ether oxygens (including phenoxy) is 3. The molecule has 0 spiro atoms. The van der Waals surface area contributed by atoms with Crippen LogP contribution in [0.15, 0.2) is 0 Å². The molecular formula is C61H118O6. The molecule has 0 aromatic carbocycles. The molecule has 0 aliphatic carbocycles. The minimum Gasteiger partial charge on any atom is -0.462 e. The Bertz CT molecular complexity index is 998. The minimum absolute atomic E-state index is 0.0625. The average Bonchev–Trinajstić information content (AvgIpc) is 3.33. The third-order valence-corrected chi connectivity index (χ3v) is 14.1. The lowest BCUT2D eigenvalue weighted by molar-refractivity contribution is -0.167. The molecule has 1 unspecified atom stereocenters. The first kappa shape index (κ1) is 65.4. The van der Waals surface area contributed by atoms with Crippen molar-refractivity contribution in [2.24, 2.45) is 0 Å². The van der Waals surface area contributed by atoms with Crippen molar-refractivity contribution in [3.05, 3.63) is 0 Å². The van der Waals surface area contributed by atoms with Crippen LogP contribution in [0, 0.1) is 0 Å². The van der Waals surface area contributed by atoms with Gasteiger partial charge in [-0.3, -0.25) is 14.4 Å². The number of hydrogen-bond donors (Lipinski definition) is 0. The number of esters is 3. The van der Waals surface area contributed by atoms with Crippen molar-refractivity contribution in [3.8, 4) is 0 Å². The van der Waals surface area contributed by atoms with E-state index in [4.69, 9.17) is 14.2 Å². The van der Waals surface area contributed by atoms with Crippen LogP contribution < -0.4 is 0 Å². The van der Waals surface area contributed by atoms with E-state index in [0.29, 0.717) is 19.3 Å². The van der Waals surface area contributed by atoms with E-state index in [1.165, 1.54) is 250 Å². The van der Waals surface area contributed by atoms with E-state index in [0.717, 1.165) is 64.2 Å². The van der Waals surface area contributed by atoms with Gasteiger partial charge in [-0.25, -0.2) is 0 Å². The fourth-order valence-corrected chi connectivity index (χ4v) is 9.51. The predicted molar refractivity (Wildman–Crippen MR) is 289 cm³/mol. The fourth-order valence-electron chi connectivity index (χ4n) is 9.51. The van der Waals surface area contributed by atoms with Crippen molar-refractivity contribution in [1.29, 1.82) is 0 Å². The molecule has 0 N–H and O–H groups in total. The molecular weight excluding hydrogens is 829 g/mol. The van der Waals surface area contributed by atoms with Crippen molar-refractivity contribution in [2.45, 2.75) is 361 Å². The molecule has 6 nitrogen and oxygen atoms in total. The van der Waals surface area contributed by atoms with E-state index in [2.05, 4.69) is 20.8 Å². The summed E-state index contributed by atoms with van der Waals surface area (Å²) in [6, 6.07) is 0. The average molecular weight is 948 g/mol. The van der Waals surface area contributed by atoms with E-state index < -0.39 is 6.10 Å². The molecule has 0 heterocycles. The highest BCUT2D eigenvalue weighted by Gasteiger charge is 2.19. The highest BCUT2D eigenvalue weighted by atomic mass is 16.6.